The molecule has 0 spiro atoms. The van der Waals surface area contributed by atoms with Crippen molar-refractivity contribution in [1.82, 2.24) is 19.1 Å². The Labute approximate surface area is 299 Å². The van der Waals surface area contributed by atoms with Gasteiger partial charge in [0.05, 0.1) is 33.3 Å². The fourth-order valence-corrected chi connectivity index (χ4v) is 8.09. The van der Waals surface area contributed by atoms with E-state index in [1.165, 1.54) is 43.4 Å². The molecule has 0 N–H and O–H groups in total. The van der Waals surface area contributed by atoms with Gasteiger partial charge in [0, 0.05) is 38.2 Å². The first-order valence-corrected chi connectivity index (χ1v) is 17.7. The lowest BCUT2D eigenvalue weighted by atomic mass is 9.99. The number of nitrogens with zero attached hydrogens (tertiary/aromatic N) is 4. The number of aromatic nitrogens is 4. The van der Waals surface area contributed by atoms with Gasteiger partial charge in [0.15, 0.2) is 0 Å². The number of rotatable bonds is 4. The Morgan fingerprint density at radius 3 is 1.63 bits per heavy atom. The zero-order valence-electron chi connectivity index (χ0n) is 28.1. The summed E-state index contributed by atoms with van der Waals surface area (Å²) in [6.45, 7) is 0. The van der Waals surface area contributed by atoms with Gasteiger partial charge in [-0.3, -0.25) is 4.57 Å². The fourth-order valence-electron chi connectivity index (χ4n) is 8.09. The Balaban J connectivity index is 1.14. The van der Waals surface area contributed by atoms with E-state index < -0.39 is 0 Å². The molecule has 8 aromatic carbocycles. The van der Waals surface area contributed by atoms with Gasteiger partial charge in [-0.25, -0.2) is 9.97 Å². The molecule has 11 rings (SSSR count). The van der Waals surface area contributed by atoms with E-state index in [-0.39, 0.29) is 0 Å². The maximum absolute atomic E-state index is 5.41. The quantitative estimate of drug-likeness (QED) is 0.188. The monoisotopic (exact) mass is 662 g/mol. The minimum Gasteiger partial charge on any atom is -0.309 e. The van der Waals surface area contributed by atoms with Gasteiger partial charge in [-0.05, 0) is 82.6 Å². The molecule has 0 saturated carbocycles. The van der Waals surface area contributed by atoms with Crippen LogP contribution in [0.2, 0.25) is 0 Å². The van der Waals surface area contributed by atoms with Crippen LogP contribution >= 0.6 is 0 Å². The topological polar surface area (TPSA) is 35.6 Å². The van der Waals surface area contributed by atoms with Crippen LogP contribution < -0.4 is 0 Å². The van der Waals surface area contributed by atoms with Crippen molar-refractivity contribution in [2.75, 3.05) is 0 Å². The smallest absolute Gasteiger partial charge is 0.235 e. The Kier molecular flexibility index (Phi) is 6.22. The molecule has 0 bridgehead atoms. The minimum atomic E-state index is 0.663. The van der Waals surface area contributed by atoms with E-state index in [1.54, 1.807) is 0 Å². The molecule has 0 amide bonds. The number of fused-ring (bicyclic) bond motifs is 8. The summed E-state index contributed by atoms with van der Waals surface area (Å²) in [6.07, 6.45) is 0. The molecule has 0 saturated heterocycles. The predicted octanol–water partition coefficient (Wildman–Crippen LogP) is 12.3. The standard InChI is InChI=1S/C48H30N4/c1-3-13-31(14-4-1)47-41-29-34(35-24-26-45-39(28-35)37-19-9-11-21-43(37)51(45)36-17-5-2-6-18-36)23-25-42(41)49-48(50-47)52-44-22-12-10-20-38(44)40-27-32-15-7-8-16-33(32)30-46(40)52/h1-30H. The molecule has 4 heteroatoms. The van der Waals surface area contributed by atoms with Crippen LogP contribution in [0.4, 0.5) is 0 Å². The molecular weight excluding hydrogens is 633 g/mol. The van der Waals surface area contributed by atoms with Crippen LogP contribution in [-0.2, 0) is 0 Å². The van der Waals surface area contributed by atoms with Crippen LogP contribution in [0.25, 0.3) is 99.3 Å². The lowest BCUT2D eigenvalue weighted by molar-refractivity contribution is 1.01. The molecule has 0 radical (unpaired) electrons. The van der Waals surface area contributed by atoms with Crippen LogP contribution in [-0.4, -0.2) is 19.1 Å². The summed E-state index contributed by atoms with van der Waals surface area (Å²) in [4.78, 5) is 10.7. The highest BCUT2D eigenvalue weighted by Gasteiger charge is 2.19. The second-order valence-electron chi connectivity index (χ2n) is 13.5. The molecular formula is C48H30N4. The fraction of sp³-hybridized carbons (Fsp3) is 0. The van der Waals surface area contributed by atoms with Crippen LogP contribution in [0.5, 0.6) is 0 Å². The summed E-state index contributed by atoms with van der Waals surface area (Å²) in [6, 6.07) is 64.9. The van der Waals surface area contributed by atoms with E-state index in [9.17, 15) is 0 Å². The summed E-state index contributed by atoms with van der Waals surface area (Å²) in [5.41, 5.74) is 10.9. The average molecular weight is 663 g/mol. The molecule has 0 fully saturated rings. The van der Waals surface area contributed by atoms with Crippen LogP contribution in [0.3, 0.4) is 0 Å². The molecule has 4 nitrogen and oxygen atoms in total. The molecule has 11 aromatic rings. The van der Waals surface area contributed by atoms with Gasteiger partial charge in [-0.2, -0.15) is 0 Å². The van der Waals surface area contributed by atoms with Crippen molar-refractivity contribution in [2.24, 2.45) is 0 Å². The van der Waals surface area contributed by atoms with Crippen molar-refractivity contribution < 1.29 is 0 Å². The van der Waals surface area contributed by atoms with E-state index >= 15 is 0 Å². The minimum absolute atomic E-state index is 0.663. The van der Waals surface area contributed by atoms with Gasteiger partial charge in [-0.15, -0.1) is 0 Å². The first-order valence-electron chi connectivity index (χ1n) is 17.7. The molecule has 3 heterocycles. The Morgan fingerprint density at radius 2 is 0.885 bits per heavy atom. The van der Waals surface area contributed by atoms with Gasteiger partial charge in [-0.1, -0.05) is 121 Å². The summed E-state index contributed by atoms with van der Waals surface area (Å²) in [5, 5.41) is 8.28. The average Bonchev–Trinajstić information content (AvgIpc) is 3.72. The largest absolute Gasteiger partial charge is 0.309 e. The summed E-state index contributed by atoms with van der Waals surface area (Å²) in [5.74, 6) is 0.663. The molecule has 0 unspecified atom stereocenters. The number of hydrogen-bond donors (Lipinski definition) is 0. The van der Waals surface area contributed by atoms with Crippen molar-refractivity contribution >= 4 is 65.3 Å². The normalized spacial score (nSPS) is 11.8. The maximum atomic E-state index is 5.41. The van der Waals surface area contributed by atoms with Gasteiger partial charge in [0.1, 0.15) is 0 Å². The van der Waals surface area contributed by atoms with Crippen LogP contribution in [0.15, 0.2) is 182 Å². The molecule has 52 heavy (non-hydrogen) atoms. The first-order chi connectivity index (χ1) is 25.8. The van der Waals surface area contributed by atoms with Crippen LogP contribution in [0, 0.1) is 0 Å². The maximum Gasteiger partial charge on any atom is 0.235 e. The highest BCUT2D eigenvalue weighted by atomic mass is 15.2. The lowest BCUT2D eigenvalue weighted by Crippen LogP contribution is -2.03. The van der Waals surface area contributed by atoms with E-state index in [2.05, 4.69) is 191 Å². The Bertz CT molecular complexity index is 3170. The highest BCUT2D eigenvalue weighted by Crippen LogP contribution is 2.38. The zero-order valence-corrected chi connectivity index (χ0v) is 28.1. The molecule has 3 aromatic heterocycles. The van der Waals surface area contributed by atoms with Crippen LogP contribution in [0.1, 0.15) is 0 Å². The second-order valence-corrected chi connectivity index (χ2v) is 13.5. The third kappa shape index (κ3) is 4.34. The summed E-state index contributed by atoms with van der Waals surface area (Å²) < 4.78 is 4.59. The van der Waals surface area contributed by atoms with Gasteiger partial charge in [0.2, 0.25) is 5.95 Å². The molecule has 242 valence electrons. The SMILES string of the molecule is c1ccc(-c2nc(-n3c4ccccc4c4cc5ccccc5cc43)nc3ccc(-c4ccc5c(c4)c4ccccc4n5-c4ccccc4)cc23)cc1. The van der Waals surface area contributed by atoms with E-state index in [1.807, 2.05) is 0 Å². The van der Waals surface area contributed by atoms with Gasteiger partial charge < -0.3 is 4.57 Å². The first kappa shape index (κ1) is 28.8. The number of hydrogen-bond acceptors (Lipinski definition) is 2. The van der Waals surface area contributed by atoms with Gasteiger partial charge in [0.25, 0.3) is 0 Å². The van der Waals surface area contributed by atoms with E-state index in [0.717, 1.165) is 50.0 Å². The lowest BCUT2D eigenvalue weighted by Gasteiger charge is -2.13. The van der Waals surface area contributed by atoms with Crippen molar-refractivity contribution in [3.05, 3.63) is 182 Å². The highest BCUT2D eigenvalue weighted by molar-refractivity contribution is 6.14. The Hall–Kier alpha value is -7.04. The molecule has 0 aliphatic heterocycles. The molecule has 0 aliphatic carbocycles. The van der Waals surface area contributed by atoms with Crippen molar-refractivity contribution in [3.63, 3.8) is 0 Å². The summed E-state index contributed by atoms with van der Waals surface area (Å²) in [7, 11) is 0. The van der Waals surface area contributed by atoms with Crippen molar-refractivity contribution in [2.45, 2.75) is 0 Å². The number of benzene rings is 8. The van der Waals surface area contributed by atoms with E-state index in [0.29, 0.717) is 5.95 Å². The molecule has 0 aliphatic rings. The van der Waals surface area contributed by atoms with E-state index in [4.69, 9.17) is 9.97 Å². The third-order valence-electron chi connectivity index (χ3n) is 10.5. The predicted molar refractivity (Wildman–Crippen MR) is 217 cm³/mol. The van der Waals surface area contributed by atoms with Crippen molar-refractivity contribution in [3.8, 4) is 34.0 Å². The van der Waals surface area contributed by atoms with Gasteiger partial charge >= 0.3 is 0 Å². The second kappa shape index (κ2) is 11.2. The Morgan fingerprint density at radius 1 is 0.327 bits per heavy atom. The third-order valence-corrected chi connectivity index (χ3v) is 10.5. The summed E-state index contributed by atoms with van der Waals surface area (Å²) >= 11 is 0. The molecule has 0 atom stereocenters. The number of para-hydroxylation sites is 3. The van der Waals surface area contributed by atoms with Crippen molar-refractivity contribution in [1.29, 1.82) is 0 Å². The zero-order chi connectivity index (χ0) is 34.2.